The molecule has 0 aromatic carbocycles. The lowest BCUT2D eigenvalue weighted by Gasteiger charge is -2.23. The van der Waals surface area contributed by atoms with Crippen molar-refractivity contribution in [1.82, 2.24) is 9.97 Å². The van der Waals surface area contributed by atoms with Gasteiger partial charge in [-0.15, -0.1) is 0 Å². The molecule has 0 spiro atoms. The van der Waals surface area contributed by atoms with Crippen LogP contribution in [0.4, 0.5) is 11.6 Å². The molecule has 1 aromatic heterocycles. The highest BCUT2D eigenvalue weighted by atomic mass is 16.3. The normalized spacial score (nSPS) is 23.9. The molecule has 2 rings (SSSR count). The Bertz CT molecular complexity index is 436. The van der Waals surface area contributed by atoms with Gasteiger partial charge in [0.25, 0.3) is 0 Å². The smallest absolute Gasteiger partial charge is 0.135 e. The van der Waals surface area contributed by atoms with E-state index < -0.39 is 0 Å². The molecule has 19 heavy (non-hydrogen) atoms. The summed E-state index contributed by atoms with van der Waals surface area (Å²) < 4.78 is 0. The number of hydrogen-bond acceptors (Lipinski definition) is 5. The third kappa shape index (κ3) is 3.35. The first-order valence-electron chi connectivity index (χ1n) is 7.19. The highest BCUT2D eigenvalue weighted by Crippen LogP contribution is 2.24. The summed E-state index contributed by atoms with van der Waals surface area (Å²) in [6.07, 6.45) is 5.74. The lowest BCUT2D eigenvalue weighted by molar-refractivity contribution is 0.144. The van der Waals surface area contributed by atoms with Crippen LogP contribution in [0.1, 0.15) is 50.4 Å². The number of aryl methyl sites for hydroxylation is 1. The third-order valence-electron chi connectivity index (χ3n) is 3.85. The topological polar surface area (TPSA) is 84.1 Å². The maximum Gasteiger partial charge on any atom is 0.135 e. The third-order valence-corrected chi connectivity index (χ3v) is 3.85. The van der Waals surface area contributed by atoms with Crippen LogP contribution in [0.3, 0.4) is 0 Å². The fourth-order valence-electron chi connectivity index (χ4n) is 2.51. The van der Waals surface area contributed by atoms with E-state index in [4.69, 9.17) is 5.73 Å². The van der Waals surface area contributed by atoms with E-state index in [0.717, 1.165) is 49.3 Å². The van der Waals surface area contributed by atoms with Gasteiger partial charge in [-0.2, -0.15) is 0 Å². The van der Waals surface area contributed by atoms with Crippen molar-refractivity contribution in [1.29, 1.82) is 0 Å². The van der Waals surface area contributed by atoms with Gasteiger partial charge in [0, 0.05) is 12.0 Å². The molecule has 0 saturated heterocycles. The molecule has 1 aromatic rings. The molecule has 2 unspecified atom stereocenters. The summed E-state index contributed by atoms with van der Waals surface area (Å²) in [5, 5.41) is 13.5. The van der Waals surface area contributed by atoms with Crippen LogP contribution in [-0.4, -0.2) is 27.2 Å². The molecule has 1 aliphatic carbocycles. The Morgan fingerprint density at radius 3 is 2.74 bits per heavy atom. The van der Waals surface area contributed by atoms with Gasteiger partial charge in [-0.25, -0.2) is 9.97 Å². The second-order valence-corrected chi connectivity index (χ2v) is 5.31. The van der Waals surface area contributed by atoms with Crippen LogP contribution in [0.2, 0.25) is 0 Å². The molecule has 5 nitrogen and oxygen atoms in total. The molecular formula is C14H24N4O. The van der Waals surface area contributed by atoms with E-state index in [1.54, 1.807) is 0 Å². The fourth-order valence-corrected chi connectivity index (χ4v) is 2.51. The zero-order valence-electron chi connectivity index (χ0n) is 11.8. The molecule has 0 aliphatic heterocycles. The van der Waals surface area contributed by atoms with E-state index in [1.807, 2.05) is 13.8 Å². The van der Waals surface area contributed by atoms with E-state index in [2.05, 4.69) is 15.3 Å². The highest BCUT2D eigenvalue weighted by Gasteiger charge is 2.22. The molecule has 2 atom stereocenters. The minimum atomic E-state index is -0.303. The Morgan fingerprint density at radius 2 is 2.00 bits per heavy atom. The quantitative estimate of drug-likeness (QED) is 0.728. The zero-order chi connectivity index (χ0) is 13.8. The molecule has 1 aliphatic rings. The van der Waals surface area contributed by atoms with Crippen molar-refractivity contribution >= 4 is 11.6 Å². The second kappa shape index (κ2) is 6.19. The van der Waals surface area contributed by atoms with Gasteiger partial charge in [-0.05, 0) is 19.8 Å². The van der Waals surface area contributed by atoms with Gasteiger partial charge in [-0.3, -0.25) is 0 Å². The minimum absolute atomic E-state index is 0.0696. The number of aliphatic hydroxyl groups excluding tert-OH is 1. The van der Waals surface area contributed by atoms with E-state index >= 15 is 0 Å². The number of hydrogen-bond donors (Lipinski definition) is 3. The Kier molecular flexibility index (Phi) is 4.58. The molecule has 1 heterocycles. The van der Waals surface area contributed by atoms with Crippen molar-refractivity contribution in [3.05, 3.63) is 11.4 Å². The molecule has 106 valence electrons. The molecule has 5 heteroatoms. The standard InChI is InChI=1S/C14H24N4O/c1-3-12-17-13(15)9(2)14(18-12)16-10-7-5-4-6-8-11(10)19/h10-11,19H,3-8H2,1-2H3,(H3,15,16,17,18). The fraction of sp³-hybridized carbons (Fsp3) is 0.714. The van der Waals surface area contributed by atoms with Crippen LogP contribution in [-0.2, 0) is 6.42 Å². The van der Waals surface area contributed by atoms with Gasteiger partial charge in [0.1, 0.15) is 17.5 Å². The molecular weight excluding hydrogens is 240 g/mol. The summed E-state index contributed by atoms with van der Waals surface area (Å²) in [7, 11) is 0. The van der Waals surface area contributed by atoms with Crippen LogP contribution < -0.4 is 11.1 Å². The number of nitrogens with one attached hydrogen (secondary N) is 1. The number of nitrogens with zero attached hydrogens (tertiary/aromatic N) is 2. The second-order valence-electron chi connectivity index (χ2n) is 5.31. The van der Waals surface area contributed by atoms with Crippen molar-refractivity contribution in [2.75, 3.05) is 11.1 Å². The van der Waals surface area contributed by atoms with E-state index in [9.17, 15) is 5.11 Å². The SMILES string of the molecule is CCc1nc(N)c(C)c(NC2CCCCCC2O)n1. The number of nitrogen functional groups attached to an aromatic ring is 1. The van der Waals surface area contributed by atoms with Crippen molar-refractivity contribution < 1.29 is 5.11 Å². The largest absolute Gasteiger partial charge is 0.391 e. The number of anilines is 2. The number of aromatic nitrogens is 2. The zero-order valence-corrected chi connectivity index (χ0v) is 11.8. The van der Waals surface area contributed by atoms with Crippen LogP contribution in [0.15, 0.2) is 0 Å². The number of rotatable bonds is 3. The molecule has 0 bridgehead atoms. The Balaban J connectivity index is 2.19. The van der Waals surface area contributed by atoms with Crippen LogP contribution in [0.5, 0.6) is 0 Å². The van der Waals surface area contributed by atoms with Crippen molar-refractivity contribution in [3.63, 3.8) is 0 Å². The lowest BCUT2D eigenvalue weighted by atomic mass is 10.1. The molecule has 0 radical (unpaired) electrons. The summed E-state index contributed by atoms with van der Waals surface area (Å²) in [6, 6.07) is 0.0696. The molecule has 4 N–H and O–H groups in total. The monoisotopic (exact) mass is 264 g/mol. The summed E-state index contributed by atoms with van der Waals surface area (Å²) in [5.74, 6) is 2.04. The molecule has 1 fully saturated rings. The number of nitrogens with two attached hydrogens (primary N) is 1. The summed E-state index contributed by atoms with van der Waals surface area (Å²) in [6.45, 7) is 3.93. The first-order chi connectivity index (χ1) is 9.11. The maximum atomic E-state index is 10.2. The molecule has 1 saturated carbocycles. The Hall–Kier alpha value is -1.36. The minimum Gasteiger partial charge on any atom is -0.391 e. The van der Waals surface area contributed by atoms with Crippen LogP contribution in [0.25, 0.3) is 0 Å². The summed E-state index contributed by atoms with van der Waals surface area (Å²) >= 11 is 0. The van der Waals surface area contributed by atoms with Gasteiger partial charge in [0.15, 0.2) is 0 Å². The Morgan fingerprint density at radius 1 is 1.26 bits per heavy atom. The van der Waals surface area contributed by atoms with Crippen LogP contribution in [0, 0.1) is 6.92 Å². The van der Waals surface area contributed by atoms with E-state index in [-0.39, 0.29) is 12.1 Å². The first kappa shape index (κ1) is 14.1. The average molecular weight is 264 g/mol. The number of aliphatic hydroxyl groups is 1. The van der Waals surface area contributed by atoms with Gasteiger partial charge < -0.3 is 16.2 Å². The van der Waals surface area contributed by atoms with E-state index in [0.29, 0.717) is 5.82 Å². The predicted octanol–water partition coefficient (Wildman–Crippen LogP) is 2.04. The Labute approximate surface area is 114 Å². The van der Waals surface area contributed by atoms with Crippen molar-refractivity contribution in [2.45, 2.75) is 64.5 Å². The van der Waals surface area contributed by atoms with Gasteiger partial charge in [-0.1, -0.05) is 26.2 Å². The van der Waals surface area contributed by atoms with Crippen molar-refractivity contribution in [3.8, 4) is 0 Å². The lowest BCUT2D eigenvalue weighted by Crippen LogP contribution is -2.33. The van der Waals surface area contributed by atoms with Crippen LogP contribution >= 0.6 is 0 Å². The maximum absolute atomic E-state index is 10.2. The van der Waals surface area contributed by atoms with E-state index in [1.165, 1.54) is 6.42 Å². The first-order valence-corrected chi connectivity index (χ1v) is 7.19. The predicted molar refractivity (Wildman–Crippen MR) is 77.1 cm³/mol. The summed E-state index contributed by atoms with van der Waals surface area (Å²) in [5.41, 5.74) is 6.78. The molecule has 0 amide bonds. The van der Waals surface area contributed by atoms with Crippen molar-refractivity contribution in [2.24, 2.45) is 0 Å². The van der Waals surface area contributed by atoms with Gasteiger partial charge >= 0.3 is 0 Å². The van der Waals surface area contributed by atoms with Gasteiger partial charge in [0.05, 0.1) is 12.1 Å². The highest BCUT2D eigenvalue weighted by molar-refractivity contribution is 5.55. The van der Waals surface area contributed by atoms with Gasteiger partial charge in [0.2, 0.25) is 0 Å². The summed E-state index contributed by atoms with van der Waals surface area (Å²) in [4.78, 5) is 8.74. The average Bonchev–Trinajstić information content (AvgIpc) is 2.60.